The second kappa shape index (κ2) is 6.89. The molecule has 0 radical (unpaired) electrons. The summed E-state index contributed by atoms with van der Waals surface area (Å²) in [6, 6.07) is 7.29. The number of aryl methyl sites for hydroxylation is 1. The molecule has 0 aromatic heterocycles. The van der Waals surface area contributed by atoms with E-state index in [9.17, 15) is 9.59 Å². The van der Waals surface area contributed by atoms with Crippen LogP contribution in [0.4, 0.5) is 0 Å². The molecule has 0 saturated heterocycles. The normalized spacial score (nSPS) is 10.8. The van der Waals surface area contributed by atoms with Crippen molar-refractivity contribution in [3.63, 3.8) is 0 Å². The van der Waals surface area contributed by atoms with Crippen LogP contribution in [0, 0.1) is 0 Å². The van der Waals surface area contributed by atoms with E-state index in [0.717, 1.165) is 18.1 Å². The van der Waals surface area contributed by atoms with Gasteiger partial charge in [-0.05, 0) is 31.9 Å². The molecule has 0 bridgehead atoms. The summed E-state index contributed by atoms with van der Waals surface area (Å²) in [6.45, 7) is 8.64. The number of rotatable bonds is 6. The number of hydrogen-bond acceptors (Lipinski definition) is 4. The van der Waals surface area contributed by atoms with Crippen LogP contribution in [0.25, 0.3) is 0 Å². The fourth-order valence-corrected chi connectivity index (χ4v) is 1.69. The quantitative estimate of drug-likeness (QED) is 0.592. The molecule has 0 aliphatic heterocycles. The van der Waals surface area contributed by atoms with E-state index in [1.54, 1.807) is 26.0 Å². The summed E-state index contributed by atoms with van der Waals surface area (Å²) in [6.07, 6.45) is 1.83. The molecule has 0 amide bonds. The predicted octanol–water partition coefficient (Wildman–Crippen LogP) is 2.91. The zero-order chi connectivity index (χ0) is 15.2. The Balaban J connectivity index is 2.67. The summed E-state index contributed by atoms with van der Waals surface area (Å²) in [5.41, 5.74) is 0.585. The first kappa shape index (κ1) is 16.0. The molecule has 0 fully saturated rings. The summed E-state index contributed by atoms with van der Waals surface area (Å²) in [4.78, 5) is 23.2. The average Bonchev–Trinajstić information content (AvgIpc) is 2.44. The van der Waals surface area contributed by atoms with Gasteiger partial charge in [-0.1, -0.05) is 31.7 Å². The molecule has 0 N–H and O–H groups in total. The molecule has 20 heavy (non-hydrogen) atoms. The zero-order valence-corrected chi connectivity index (χ0v) is 12.1. The highest BCUT2D eigenvalue weighted by Crippen LogP contribution is 2.15. The number of esters is 2. The maximum Gasteiger partial charge on any atom is 0.338 e. The van der Waals surface area contributed by atoms with E-state index in [4.69, 9.17) is 9.47 Å². The first-order valence-electron chi connectivity index (χ1n) is 6.50. The van der Waals surface area contributed by atoms with Gasteiger partial charge in [-0.3, -0.25) is 0 Å². The van der Waals surface area contributed by atoms with Crippen LogP contribution in [0.5, 0.6) is 0 Å². The Kier molecular flexibility index (Phi) is 5.50. The minimum absolute atomic E-state index is 0.0105. The summed E-state index contributed by atoms with van der Waals surface area (Å²) < 4.78 is 10.3. The van der Waals surface area contributed by atoms with Crippen molar-refractivity contribution < 1.29 is 19.1 Å². The van der Waals surface area contributed by atoms with Crippen molar-refractivity contribution in [2.24, 2.45) is 0 Å². The van der Waals surface area contributed by atoms with Gasteiger partial charge in [0, 0.05) is 6.08 Å². The van der Waals surface area contributed by atoms with Crippen LogP contribution in [-0.2, 0) is 20.7 Å². The molecule has 0 saturated carbocycles. The number of carbonyl (C=O) groups excluding carboxylic acids is 2. The predicted molar refractivity (Wildman–Crippen MR) is 76.5 cm³/mol. The SMILES string of the molecule is C=CC(=O)OC(C)(C)COC(=O)c1ccccc1CC. The van der Waals surface area contributed by atoms with Crippen molar-refractivity contribution in [3.8, 4) is 0 Å². The second-order valence-corrected chi connectivity index (χ2v) is 4.97. The van der Waals surface area contributed by atoms with E-state index in [1.165, 1.54) is 0 Å². The molecule has 108 valence electrons. The average molecular weight is 276 g/mol. The molecule has 0 unspecified atom stereocenters. The van der Waals surface area contributed by atoms with Gasteiger partial charge in [-0.2, -0.15) is 0 Å². The Morgan fingerprint density at radius 1 is 1.30 bits per heavy atom. The Labute approximate surface area is 119 Å². The highest BCUT2D eigenvalue weighted by Gasteiger charge is 2.24. The van der Waals surface area contributed by atoms with Crippen LogP contribution in [0.2, 0.25) is 0 Å². The van der Waals surface area contributed by atoms with Crippen LogP contribution >= 0.6 is 0 Å². The number of hydrogen-bond donors (Lipinski definition) is 0. The first-order chi connectivity index (χ1) is 9.39. The smallest absolute Gasteiger partial charge is 0.338 e. The van der Waals surface area contributed by atoms with Crippen molar-refractivity contribution in [2.75, 3.05) is 6.61 Å². The van der Waals surface area contributed by atoms with Gasteiger partial charge in [0.15, 0.2) is 0 Å². The monoisotopic (exact) mass is 276 g/mol. The van der Waals surface area contributed by atoms with Gasteiger partial charge in [0.25, 0.3) is 0 Å². The third-order valence-corrected chi connectivity index (χ3v) is 2.71. The molecule has 1 aromatic carbocycles. The van der Waals surface area contributed by atoms with Crippen molar-refractivity contribution in [1.29, 1.82) is 0 Å². The maximum atomic E-state index is 12.0. The molecule has 0 atom stereocenters. The molecule has 0 aliphatic carbocycles. The highest BCUT2D eigenvalue weighted by atomic mass is 16.6. The number of benzene rings is 1. The molecule has 1 rings (SSSR count). The van der Waals surface area contributed by atoms with Gasteiger partial charge >= 0.3 is 11.9 Å². The summed E-state index contributed by atoms with van der Waals surface area (Å²) >= 11 is 0. The minimum atomic E-state index is -0.887. The number of ether oxygens (including phenoxy) is 2. The third-order valence-electron chi connectivity index (χ3n) is 2.71. The first-order valence-corrected chi connectivity index (χ1v) is 6.50. The minimum Gasteiger partial charge on any atom is -0.458 e. The van der Waals surface area contributed by atoms with E-state index in [2.05, 4.69) is 6.58 Å². The zero-order valence-electron chi connectivity index (χ0n) is 12.1. The number of carbonyl (C=O) groups is 2. The molecular weight excluding hydrogens is 256 g/mol. The van der Waals surface area contributed by atoms with Gasteiger partial charge in [0.2, 0.25) is 0 Å². The van der Waals surface area contributed by atoms with E-state index < -0.39 is 17.5 Å². The lowest BCUT2D eigenvalue weighted by Gasteiger charge is -2.24. The van der Waals surface area contributed by atoms with Crippen molar-refractivity contribution >= 4 is 11.9 Å². The maximum absolute atomic E-state index is 12.0. The molecule has 0 heterocycles. The van der Waals surface area contributed by atoms with E-state index in [1.807, 2.05) is 19.1 Å². The second-order valence-electron chi connectivity index (χ2n) is 4.97. The van der Waals surface area contributed by atoms with Gasteiger partial charge in [-0.25, -0.2) is 9.59 Å². The molecule has 1 aromatic rings. The Hall–Kier alpha value is -2.10. The molecule has 4 nitrogen and oxygen atoms in total. The van der Waals surface area contributed by atoms with Gasteiger partial charge < -0.3 is 9.47 Å². The molecule has 0 spiro atoms. The Bertz CT molecular complexity index is 503. The summed E-state index contributed by atoms with van der Waals surface area (Å²) in [5, 5.41) is 0. The van der Waals surface area contributed by atoms with Gasteiger partial charge in [0.05, 0.1) is 5.56 Å². The van der Waals surface area contributed by atoms with Crippen molar-refractivity contribution in [3.05, 3.63) is 48.0 Å². The third kappa shape index (κ3) is 4.53. The van der Waals surface area contributed by atoms with Crippen LogP contribution < -0.4 is 0 Å². The Morgan fingerprint density at radius 3 is 2.55 bits per heavy atom. The highest BCUT2D eigenvalue weighted by molar-refractivity contribution is 5.91. The standard InChI is InChI=1S/C16H20O4/c1-5-12-9-7-8-10-13(12)15(18)19-11-16(3,4)20-14(17)6-2/h6-10H,2,5,11H2,1,3-4H3. The van der Waals surface area contributed by atoms with E-state index in [0.29, 0.717) is 5.56 Å². The van der Waals surface area contributed by atoms with Crippen LogP contribution in [0.15, 0.2) is 36.9 Å². The van der Waals surface area contributed by atoms with Crippen LogP contribution in [0.1, 0.15) is 36.7 Å². The topological polar surface area (TPSA) is 52.6 Å². The fourth-order valence-electron chi connectivity index (χ4n) is 1.69. The fraction of sp³-hybridized carbons (Fsp3) is 0.375. The van der Waals surface area contributed by atoms with Crippen LogP contribution in [0.3, 0.4) is 0 Å². The molecular formula is C16H20O4. The lowest BCUT2D eigenvalue weighted by molar-refractivity contribution is -0.153. The van der Waals surface area contributed by atoms with Crippen LogP contribution in [-0.4, -0.2) is 24.1 Å². The largest absolute Gasteiger partial charge is 0.458 e. The van der Waals surface area contributed by atoms with E-state index in [-0.39, 0.29) is 6.61 Å². The lowest BCUT2D eigenvalue weighted by Crippen LogP contribution is -2.34. The summed E-state index contributed by atoms with van der Waals surface area (Å²) in [5.74, 6) is -0.954. The van der Waals surface area contributed by atoms with Crippen molar-refractivity contribution in [2.45, 2.75) is 32.8 Å². The lowest BCUT2D eigenvalue weighted by atomic mass is 10.1. The van der Waals surface area contributed by atoms with Crippen molar-refractivity contribution in [1.82, 2.24) is 0 Å². The summed E-state index contributed by atoms with van der Waals surface area (Å²) in [7, 11) is 0. The van der Waals surface area contributed by atoms with Gasteiger partial charge in [-0.15, -0.1) is 0 Å². The molecule has 4 heteroatoms. The van der Waals surface area contributed by atoms with E-state index >= 15 is 0 Å². The Morgan fingerprint density at radius 2 is 1.95 bits per heavy atom. The molecule has 0 aliphatic rings. The van der Waals surface area contributed by atoms with Gasteiger partial charge in [0.1, 0.15) is 12.2 Å².